The highest BCUT2D eigenvalue weighted by molar-refractivity contribution is 5.95. The van der Waals surface area contributed by atoms with E-state index in [1.165, 1.54) is 0 Å². The Morgan fingerprint density at radius 1 is 1.28 bits per heavy atom. The summed E-state index contributed by atoms with van der Waals surface area (Å²) < 4.78 is 5.64. The van der Waals surface area contributed by atoms with Crippen LogP contribution in [-0.4, -0.2) is 58.1 Å². The summed E-state index contributed by atoms with van der Waals surface area (Å²) in [7, 11) is 0. The third-order valence-electron chi connectivity index (χ3n) is 6.87. The molecule has 0 radical (unpaired) electrons. The number of morpholine rings is 1. The second-order valence-electron chi connectivity index (χ2n) is 8.98. The van der Waals surface area contributed by atoms with E-state index in [2.05, 4.69) is 48.1 Å². The number of amides is 1. The first-order chi connectivity index (χ1) is 15.6. The second-order valence-corrected chi connectivity index (χ2v) is 8.98. The summed E-state index contributed by atoms with van der Waals surface area (Å²) in [4.78, 5) is 30.6. The zero-order chi connectivity index (χ0) is 22.2. The number of rotatable bonds is 4. The molecule has 2 aliphatic rings. The molecule has 7 heteroatoms. The van der Waals surface area contributed by atoms with E-state index in [1.54, 1.807) is 0 Å². The lowest BCUT2D eigenvalue weighted by molar-refractivity contribution is -0.136. The molecule has 3 aromatic rings. The van der Waals surface area contributed by atoms with Crippen molar-refractivity contribution in [2.45, 2.75) is 46.2 Å². The van der Waals surface area contributed by atoms with Crippen molar-refractivity contribution >= 4 is 22.8 Å². The number of aromatic nitrogens is 3. The Kier molecular flexibility index (Phi) is 5.59. The van der Waals surface area contributed by atoms with E-state index < -0.39 is 0 Å². The van der Waals surface area contributed by atoms with Gasteiger partial charge in [-0.1, -0.05) is 32.0 Å². The van der Waals surface area contributed by atoms with E-state index in [4.69, 9.17) is 14.7 Å². The topological polar surface area (TPSA) is 74.3 Å². The third kappa shape index (κ3) is 3.64. The predicted molar refractivity (Wildman–Crippen MR) is 126 cm³/mol. The van der Waals surface area contributed by atoms with Gasteiger partial charge in [-0.2, -0.15) is 0 Å². The van der Waals surface area contributed by atoms with Gasteiger partial charge in [-0.3, -0.25) is 4.79 Å². The van der Waals surface area contributed by atoms with Crippen LogP contribution in [0.3, 0.4) is 0 Å². The first-order valence-electron chi connectivity index (χ1n) is 11.7. The Balaban J connectivity index is 1.62. The van der Waals surface area contributed by atoms with Gasteiger partial charge >= 0.3 is 0 Å². The minimum Gasteiger partial charge on any atom is -0.377 e. The van der Waals surface area contributed by atoms with Crippen LogP contribution in [0.15, 0.2) is 30.5 Å². The van der Waals surface area contributed by atoms with E-state index in [-0.39, 0.29) is 17.9 Å². The highest BCUT2D eigenvalue weighted by Crippen LogP contribution is 2.35. The number of hydrogen-bond acceptors (Lipinski definition) is 5. The lowest BCUT2D eigenvalue weighted by Crippen LogP contribution is -2.45. The molecule has 0 aliphatic carbocycles. The van der Waals surface area contributed by atoms with Gasteiger partial charge in [0.2, 0.25) is 11.9 Å². The SMILES string of the molecule is CCC(C)C(=O)N1CCc2c(nc(N3CCOC[C@H]3C)nc2-c2c[nH]c3ccccc23)C1. The average Bonchev–Trinajstić information content (AvgIpc) is 3.26. The number of H-pyrrole nitrogens is 1. The normalized spacial score (nSPS) is 19.8. The van der Waals surface area contributed by atoms with Crippen LogP contribution in [0.2, 0.25) is 0 Å². The van der Waals surface area contributed by atoms with E-state index in [0.717, 1.165) is 58.8 Å². The molecule has 168 valence electrons. The Hall–Kier alpha value is -2.93. The number of carbonyl (C=O) groups is 1. The molecular weight excluding hydrogens is 402 g/mol. The molecule has 7 nitrogen and oxygen atoms in total. The number of ether oxygens (including phenoxy) is 1. The standard InChI is InChI=1S/C25H31N5O2/c1-4-16(2)24(31)29-10-9-19-22(14-29)27-25(30-11-12-32-15-17(30)3)28-23(19)20-13-26-21-8-6-5-7-18(20)21/h5-8,13,16-17,26H,4,9-12,14-15H2,1-3H3/t16?,17-/m1/s1. The maximum absolute atomic E-state index is 12.9. The molecule has 0 bridgehead atoms. The van der Waals surface area contributed by atoms with E-state index >= 15 is 0 Å². The Morgan fingerprint density at radius 3 is 2.94 bits per heavy atom. The molecule has 1 saturated heterocycles. The number of anilines is 1. The number of para-hydroxylation sites is 1. The minimum absolute atomic E-state index is 0.0326. The summed E-state index contributed by atoms with van der Waals surface area (Å²) in [5, 5.41) is 1.16. The molecule has 32 heavy (non-hydrogen) atoms. The van der Waals surface area contributed by atoms with Crippen LogP contribution >= 0.6 is 0 Å². The third-order valence-corrected chi connectivity index (χ3v) is 6.87. The van der Waals surface area contributed by atoms with Crippen molar-refractivity contribution in [1.82, 2.24) is 19.9 Å². The first-order valence-corrected chi connectivity index (χ1v) is 11.7. The molecule has 1 fully saturated rings. The second kappa shape index (κ2) is 8.54. The van der Waals surface area contributed by atoms with E-state index in [9.17, 15) is 4.79 Å². The first kappa shape index (κ1) is 20.9. The number of carbonyl (C=O) groups excluding carboxylic acids is 1. The van der Waals surface area contributed by atoms with Gasteiger partial charge in [0.15, 0.2) is 0 Å². The molecule has 2 aliphatic heterocycles. The molecule has 2 aromatic heterocycles. The molecule has 1 N–H and O–H groups in total. The molecule has 4 heterocycles. The van der Waals surface area contributed by atoms with Crippen molar-refractivity contribution < 1.29 is 9.53 Å². The molecule has 1 aromatic carbocycles. The Bertz CT molecular complexity index is 1140. The summed E-state index contributed by atoms with van der Waals surface area (Å²) in [6.07, 6.45) is 3.67. The van der Waals surface area contributed by atoms with Crippen molar-refractivity contribution in [1.29, 1.82) is 0 Å². The summed E-state index contributed by atoms with van der Waals surface area (Å²) in [6, 6.07) is 8.53. The van der Waals surface area contributed by atoms with Crippen molar-refractivity contribution in [2.75, 3.05) is 31.2 Å². The van der Waals surface area contributed by atoms with Gasteiger partial charge in [-0.05, 0) is 25.8 Å². The van der Waals surface area contributed by atoms with Crippen molar-refractivity contribution in [3.63, 3.8) is 0 Å². The average molecular weight is 434 g/mol. The highest BCUT2D eigenvalue weighted by atomic mass is 16.5. The number of benzene rings is 1. The molecule has 2 atom stereocenters. The summed E-state index contributed by atoms with van der Waals surface area (Å²) in [5.41, 5.74) is 5.31. The van der Waals surface area contributed by atoms with Crippen LogP contribution in [0.25, 0.3) is 22.2 Å². The van der Waals surface area contributed by atoms with Crippen molar-refractivity contribution in [3.8, 4) is 11.3 Å². The zero-order valence-electron chi connectivity index (χ0n) is 19.1. The van der Waals surface area contributed by atoms with Gasteiger partial charge in [0.25, 0.3) is 0 Å². The zero-order valence-corrected chi connectivity index (χ0v) is 19.1. The van der Waals surface area contributed by atoms with Gasteiger partial charge in [-0.25, -0.2) is 9.97 Å². The summed E-state index contributed by atoms with van der Waals surface area (Å²) in [5.74, 6) is 0.981. The van der Waals surface area contributed by atoms with Crippen molar-refractivity contribution in [2.24, 2.45) is 5.92 Å². The number of nitrogens with zero attached hydrogens (tertiary/aromatic N) is 4. The molecule has 5 rings (SSSR count). The van der Waals surface area contributed by atoms with Crippen LogP contribution in [0.4, 0.5) is 5.95 Å². The lowest BCUT2D eigenvalue weighted by atomic mass is 9.97. The fraction of sp³-hybridized carbons (Fsp3) is 0.480. The van der Waals surface area contributed by atoms with Gasteiger partial charge < -0.3 is 19.5 Å². The van der Waals surface area contributed by atoms with Crippen LogP contribution in [0, 0.1) is 5.92 Å². The summed E-state index contributed by atoms with van der Waals surface area (Å²) >= 11 is 0. The number of hydrogen-bond donors (Lipinski definition) is 1. The Morgan fingerprint density at radius 2 is 2.12 bits per heavy atom. The van der Waals surface area contributed by atoms with Crippen molar-refractivity contribution in [3.05, 3.63) is 41.7 Å². The molecule has 0 saturated carbocycles. The highest BCUT2D eigenvalue weighted by Gasteiger charge is 2.30. The van der Waals surface area contributed by atoms with E-state index in [1.807, 2.05) is 17.9 Å². The maximum Gasteiger partial charge on any atom is 0.226 e. The molecule has 0 spiro atoms. The van der Waals surface area contributed by atoms with Crippen LogP contribution < -0.4 is 4.90 Å². The maximum atomic E-state index is 12.9. The largest absolute Gasteiger partial charge is 0.377 e. The lowest BCUT2D eigenvalue weighted by Gasteiger charge is -2.35. The number of fused-ring (bicyclic) bond motifs is 2. The van der Waals surface area contributed by atoms with Gasteiger partial charge in [0.1, 0.15) is 0 Å². The number of aromatic amines is 1. The van der Waals surface area contributed by atoms with Gasteiger partial charge in [0, 0.05) is 47.2 Å². The van der Waals surface area contributed by atoms with Gasteiger partial charge in [-0.15, -0.1) is 0 Å². The predicted octanol–water partition coefficient (Wildman–Crippen LogP) is 3.78. The number of nitrogens with one attached hydrogen (secondary N) is 1. The molecule has 1 unspecified atom stereocenters. The fourth-order valence-corrected chi connectivity index (χ4v) is 4.73. The quantitative estimate of drug-likeness (QED) is 0.678. The van der Waals surface area contributed by atoms with Crippen LogP contribution in [-0.2, 0) is 22.5 Å². The van der Waals surface area contributed by atoms with Gasteiger partial charge in [0.05, 0.1) is 37.2 Å². The van der Waals surface area contributed by atoms with Crippen LogP contribution in [0.5, 0.6) is 0 Å². The monoisotopic (exact) mass is 433 g/mol. The smallest absolute Gasteiger partial charge is 0.226 e. The molecule has 1 amide bonds. The fourth-order valence-electron chi connectivity index (χ4n) is 4.73. The summed E-state index contributed by atoms with van der Waals surface area (Å²) in [6.45, 7) is 9.58. The Labute approximate surface area is 188 Å². The minimum atomic E-state index is 0.0326. The van der Waals surface area contributed by atoms with Crippen LogP contribution in [0.1, 0.15) is 38.4 Å². The van der Waals surface area contributed by atoms with E-state index in [0.29, 0.717) is 26.3 Å². The molecular formula is C25H31N5O2.